The molecule has 0 heterocycles. The smallest absolute Gasteiger partial charge is 0.254 e. The molecule has 1 saturated carbocycles. The van der Waals surface area contributed by atoms with Crippen molar-refractivity contribution in [1.82, 2.24) is 5.32 Å². The third-order valence-corrected chi connectivity index (χ3v) is 4.70. The molecule has 1 aliphatic carbocycles. The first-order valence-corrected chi connectivity index (χ1v) is 8.45. The largest absolute Gasteiger partial charge is 0.349 e. The van der Waals surface area contributed by atoms with E-state index in [2.05, 4.69) is 12.2 Å². The van der Waals surface area contributed by atoms with Crippen LogP contribution in [0.15, 0.2) is 23.1 Å². The molecule has 0 aromatic heterocycles. The van der Waals surface area contributed by atoms with Crippen LogP contribution in [0.25, 0.3) is 0 Å². The van der Waals surface area contributed by atoms with Crippen LogP contribution in [0.4, 0.5) is 4.39 Å². The van der Waals surface area contributed by atoms with Gasteiger partial charge in [0.1, 0.15) is 5.82 Å². The number of hydrogen-bond acceptors (Lipinski definition) is 3. The maximum absolute atomic E-state index is 13.9. The maximum Gasteiger partial charge on any atom is 0.254 e. The molecule has 0 bridgehead atoms. The molecule has 21 heavy (non-hydrogen) atoms. The Morgan fingerprint density at radius 3 is 2.67 bits per heavy atom. The van der Waals surface area contributed by atoms with Crippen molar-refractivity contribution in [3.05, 3.63) is 29.6 Å². The molecular weight excluding hydrogens is 295 g/mol. The van der Waals surface area contributed by atoms with Gasteiger partial charge in [-0.3, -0.25) is 4.79 Å². The molecule has 1 aromatic carbocycles. The van der Waals surface area contributed by atoms with Crippen molar-refractivity contribution in [3.8, 4) is 0 Å². The lowest BCUT2D eigenvalue weighted by Crippen LogP contribution is -2.38. The molecule has 1 amide bonds. The molecular formula is C14H19FN2O3S. The second-order valence-corrected chi connectivity index (χ2v) is 7.19. The first-order chi connectivity index (χ1) is 9.77. The Labute approximate surface area is 123 Å². The van der Waals surface area contributed by atoms with E-state index in [1.807, 2.05) is 0 Å². The van der Waals surface area contributed by atoms with E-state index in [9.17, 15) is 17.6 Å². The molecule has 1 fully saturated rings. The lowest BCUT2D eigenvalue weighted by atomic mass is 9.87. The Balaban J connectivity index is 2.12. The lowest BCUT2D eigenvalue weighted by molar-refractivity contribution is 0.0917. The SMILES string of the molecule is CC1CCCC(NC(=O)c2ccc(S(N)(=O)=O)cc2F)C1. The quantitative estimate of drug-likeness (QED) is 0.891. The third kappa shape index (κ3) is 4.01. The van der Waals surface area contributed by atoms with Crippen molar-refractivity contribution in [2.45, 2.75) is 43.5 Å². The fourth-order valence-corrected chi connectivity index (χ4v) is 3.21. The molecule has 0 aliphatic heterocycles. The van der Waals surface area contributed by atoms with Gasteiger partial charge in [0.15, 0.2) is 0 Å². The van der Waals surface area contributed by atoms with E-state index in [4.69, 9.17) is 5.14 Å². The predicted octanol–water partition coefficient (Wildman–Crippen LogP) is 1.78. The van der Waals surface area contributed by atoms with Gasteiger partial charge in [-0.25, -0.2) is 17.9 Å². The lowest BCUT2D eigenvalue weighted by Gasteiger charge is -2.27. The average Bonchev–Trinajstić information content (AvgIpc) is 2.37. The van der Waals surface area contributed by atoms with Gasteiger partial charge in [-0.15, -0.1) is 0 Å². The Morgan fingerprint density at radius 1 is 1.38 bits per heavy atom. The van der Waals surface area contributed by atoms with Gasteiger partial charge in [0.25, 0.3) is 5.91 Å². The summed E-state index contributed by atoms with van der Waals surface area (Å²) in [6.07, 6.45) is 3.94. The zero-order chi connectivity index (χ0) is 15.6. The Morgan fingerprint density at radius 2 is 2.10 bits per heavy atom. The fourth-order valence-electron chi connectivity index (χ4n) is 2.69. The minimum Gasteiger partial charge on any atom is -0.349 e. The Bertz CT molecular complexity index is 646. The molecule has 2 atom stereocenters. The average molecular weight is 314 g/mol. The normalized spacial score (nSPS) is 22.8. The number of benzene rings is 1. The molecule has 2 unspecified atom stereocenters. The molecule has 2 rings (SSSR count). The Kier molecular flexibility index (Phi) is 4.63. The van der Waals surface area contributed by atoms with Crippen molar-refractivity contribution >= 4 is 15.9 Å². The van der Waals surface area contributed by atoms with E-state index >= 15 is 0 Å². The number of rotatable bonds is 3. The minimum absolute atomic E-state index is 0.0403. The molecule has 1 aliphatic rings. The molecule has 0 saturated heterocycles. The second kappa shape index (κ2) is 6.11. The highest BCUT2D eigenvalue weighted by molar-refractivity contribution is 7.89. The van der Waals surface area contributed by atoms with E-state index in [0.717, 1.165) is 43.9 Å². The number of sulfonamides is 1. The summed E-state index contributed by atoms with van der Waals surface area (Å²) >= 11 is 0. The van der Waals surface area contributed by atoms with Gasteiger partial charge < -0.3 is 5.32 Å². The first-order valence-electron chi connectivity index (χ1n) is 6.90. The van der Waals surface area contributed by atoms with E-state index in [0.29, 0.717) is 5.92 Å². The summed E-state index contributed by atoms with van der Waals surface area (Å²) in [5.74, 6) is -0.867. The number of hydrogen-bond donors (Lipinski definition) is 2. The third-order valence-electron chi connectivity index (χ3n) is 3.79. The van der Waals surface area contributed by atoms with Crippen LogP contribution in [0.3, 0.4) is 0 Å². The summed E-state index contributed by atoms with van der Waals surface area (Å²) in [4.78, 5) is 11.7. The van der Waals surface area contributed by atoms with Gasteiger partial charge in [-0.05, 0) is 37.0 Å². The Hall–Kier alpha value is -1.47. The number of carbonyl (C=O) groups is 1. The molecule has 0 radical (unpaired) electrons. The van der Waals surface area contributed by atoms with Crippen LogP contribution >= 0.6 is 0 Å². The molecule has 5 nitrogen and oxygen atoms in total. The highest BCUT2D eigenvalue weighted by Crippen LogP contribution is 2.24. The number of nitrogens with one attached hydrogen (secondary N) is 1. The zero-order valence-electron chi connectivity index (χ0n) is 11.8. The van der Waals surface area contributed by atoms with Crippen LogP contribution in [-0.2, 0) is 10.0 Å². The van der Waals surface area contributed by atoms with Gasteiger partial charge in [0.2, 0.25) is 10.0 Å². The second-order valence-electron chi connectivity index (χ2n) is 5.63. The standard InChI is InChI=1S/C14H19FN2O3S/c1-9-3-2-4-10(7-9)17-14(18)12-6-5-11(8-13(12)15)21(16,19)20/h5-6,8-10H,2-4,7H2,1H3,(H,17,18)(H2,16,19,20). The number of halogens is 1. The molecule has 1 aromatic rings. The topological polar surface area (TPSA) is 89.3 Å². The zero-order valence-corrected chi connectivity index (χ0v) is 12.6. The van der Waals surface area contributed by atoms with Crippen molar-refractivity contribution in [2.75, 3.05) is 0 Å². The summed E-state index contributed by atoms with van der Waals surface area (Å²) in [6, 6.07) is 3.10. The van der Waals surface area contributed by atoms with Gasteiger partial charge in [-0.2, -0.15) is 0 Å². The number of nitrogens with two attached hydrogens (primary N) is 1. The van der Waals surface area contributed by atoms with Crippen LogP contribution in [-0.4, -0.2) is 20.4 Å². The van der Waals surface area contributed by atoms with Crippen molar-refractivity contribution in [1.29, 1.82) is 0 Å². The number of primary sulfonamides is 1. The maximum atomic E-state index is 13.9. The fraction of sp³-hybridized carbons (Fsp3) is 0.500. The summed E-state index contributed by atoms with van der Waals surface area (Å²) in [5, 5.41) is 7.73. The van der Waals surface area contributed by atoms with Gasteiger partial charge in [-0.1, -0.05) is 19.8 Å². The molecule has 0 spiro atoms. The van der Waals surface area contributed by atoms with Gasteiger partial charge in [0, 0.05) is 6.04 Å². The van der Waals surface area contributed by atoms with Crippen LogP contribution in [0.5, 0.6) is 0 Å². The highest BCUT2D eigenvalue weighted by Gasteiger charge is 2.22. The molecule has 7 heteroatoms. The van der Waals surface area contributed by atoms with Crippen molar-refractivity contribution < 1.29 is 17.6 Å². The summed E-state index contributed by atoms with van der Waals surface area (Å²) < 4.78 is 36.1. The summed E-state index contributed by atoms with van der Waals surface area (Å²) in [6.45, 7) is 2.12. The number of carbonyl (C=O) groups excluding carboxylic acids is 1. The van der Waals surface area contributed by atoms with E-state index < -0.39 is 21.7 Å². The molecule has 3 N–H and O–H groups in total. The monoisotopic (exact) mass is 314 g/mol. The van der Waals surface area contributed by atoms with Crippen molar-refractivity contribution in [2.24, 2.45) is 11.1 Å². The van der Waals surface area contributed by atoms with Gasteiger partial charge >= 0.3 is 0 Å². The van der Waals surface area contributed by atoms with Crippen LogP contribution in [0.1, 0.15) is 43.0 Å². The van der Waals surface area contributed by atoms with E-state index in [-0.39, 0.29) is 16.5 Å². The molecule has 116 valence electrons. The first kappa shape index (κ1) is 15.9. The minimum atomic E-state index is -3.97. The van der Waals surface area contributed by atoms with Crippen molar-refractivity contribution in [3.63, 3.8) is 0 Å². The number of amides is 1. The highest BCUT2D eigenvalue weighted by atomic mass is 32.2. The van der Waals surface area contributed by atoms with E-state index in [1.165, 1.54) is 0 Å². The van der Waals surface area contributed by atoms with Crippen LogP contribution in [0, 0.1) is 11.7 Å². The summed E-state index contributed by atoms with van der Waals surface area (Å²) in [5.41, 5.74) is -0.166. The van der Waals surface area contributed by atoms with Crippen LogP contribution in [0.2, 0.25) is 0 Å². The summed E-state index contributed by atoms with van der Waals surface area (Å²) in [7, 11) is -3.97. The van der Waals surface area contributed by atoms with E-state index in [1.54, 1.807) is 0 Å². The predicted molar refractivity (Wildman–Crippen MR) is 76.7 cm³/mol. The van der Waals surface area contributed by atoms with Crippen LogP contribution < -0.4 is 10.5 Å². The van der Waals surface area contributed by atoms with Gasteiger partial charge in [0.05, 0.1) is 10.5 Å².